The monoisotopic (exact) mass is 396 g/mol. The number of carbonyl (C=O) groups excluding carboxylic acids is 1. The number of hydrazine groups is 1. The van der Waals surface area contributed by atoms with E-state index in [0.29, 0.717) is 23.0 Å². The lowest BCUT2D eigenvalue weighted by Gasteiger charge is -2.35. The number of amides is 1. The first-order valence-electron chi connectivity index (χ1n) is 8.59. The molecule has 0 unspecified atom stereocenters. The van der Waals surface area contributed by atoms with Gasteiger partial charge in [-0.15, -0.1) is 11.8 Å². The third-order valence-electron chi connectivity index (χ3n) is 4.76. The molecule has 3 N–H and O–H groups in total. The molecule has 1 aliphatic carbocycles. The van der Waals surface area contributed by atoms with Crippen LogP contribution in [-0.2, 0) is 4.79 Å². The molecule has 1 aliphatic rings. The molecule has 1 saturated carbocycles. The number of rotatable bonds is 5. The standard InChI is InChI=1S/C17H24N4O3S2/c1-11-4-3-5-15(12(11)2)18-17(25)20-19-16(22)10-26-14-8-6-13(7-9-14)21(23)24/h6-9,11-12,15H,3-5,10H2,1-2H3,(H,19,22)(H2,18,20,25)/t11-,12-,15-/m1/s1. The minimum absolute atomic E-state index is 0.0307. The Balaban J connectivity index is 1.69. The van der Waals surface area contributed by atoms with Crippen LogP contribution in [0, 0.1) is 22.0 Å². The van der Waals surface area contributed by atoms with Gasteiger partial charge in [0.1, 0.15) is 0 Å². The molecule has 26 heavy (non-hydrogen) atoms. The summed E-state index contributed by atoms with van der Waals surface area (Å²) in [6.07, 6.45) is 3.51. The fourth-order valence-corrected chi connectivity index (χ4v) is 3.87. The van der Waals surface area contributed by atoms with E-state index in [9.17, 15) is 14.9 Å². The maximum atomic E-state index is 11.9. The van der Waals surface area contributed by atoms with Gasteiger partial charge in [0.05, 0.1) is 10.7 Å². The van der Waals surface area contributed by atoms with Crippen molar-refractivity contribution in [3.05, 3.63) is 34.4 Å². The first-order chi connectivity index (χ1) is 12.4. The largest absolute Gasteiger partial charge is 0.358 e. The number of thiocarbonyl (C=S) groups is 1. The molecule has 1 amide bonds. The normalized spacial score (nSPS) is 22.3. The molecule has 9 heteroatoms. The Labute approximate surface area is 162 Å². The Hall–Kier alpha value is -1.87. The lowest BCUT2D eigenvalue weighted by molar-refractivity contribution is -0.384. The van der Waals surface area contributed by atoms with Crippen LogP contribution in [0.4, 0.5) is 5.69 Å². The summed E-state index contributed by atoms with van der Waals surface area (Å²) in [5.74, 6) is 1.17. The lowest BCUT2D eigenvalue weighted by atomic mass is 9.78. The van der Waals surface area contributed by atoms with E-state index in [1.54, 1.807) is 12.1 Å². The Morgan fingerprint density at radius 3 is 2.62 bits per heavy atom. The average Bonchev–Trinajstić information content (AvgIpc) is 2.62. The fraction of sp³-hybridized carbons (Fsp3) is 0.529. The van der Waals surface area contributed by atoms with Gasteiger partial charge in [-0.1, -0.05) is 26.7 Å². The van der Waals surface area contributed by atoms with Crippen molar-refractivity contribution >= 4 is 40.7 Å². The zero-order valence-corrected chi connectivity index (χ0v) is 16.5. The first kappa shape index (κ1) is 20.4. The Kier molecular flexibility index (Phi) is 7.65. The molecule has 2 rings (SSSR count). The van der Waals surface area contributed by atoms with E-state index in [2.05, 4.69) is 30.0 Å². The molecule has 0 bridgehead atoms. The van der Waals surface area contributed by atoms with E-state index in [4.69, 9.17) is 12.2 Å². The molecule has 0 aromatic heterocycles. The van der Waals surface area contributed by atoms with Gasteiger partial charge in [-0.05, 0) is 42.6 Å². The topological polar surface area (TPSA) is 96.3 Å². The highest BCUT2D eigenvalue weighted by Gasteiger charge is 2.27. The van der Waals surface area contributed by atoms with Crippen molar-refractivity contribution in [2.45, 2.75) is 44.0 Å². The summed E-state index contributed by atoms with van der Waals surface area (Å²) in [6.45, 7) is 4.48. The maximum Gasteiger partial charge on any atom is 0.269 e. The van der Waals surface area contributed by atoms with Crippen LogP contribution in [0.5, 0.6) is 0 Å². The van der Waals surface area contributed by atoms with Crippen LogP contribution in [-0.4, -0.2) is 27.7 Å². The average molecular weight is 397 g/mol. The van der Waals surface area contributed by atoms with Crippen LogP contribution in [0.15, 0.2) is 29.2 Å². The molecule has 1 aromatic rings. The molecular formula is C17H24N4O3S2. The quantitative estimate of drug-likeness (QED) is 0.305. The zero-order valence-electron chi connectivity index (χ0n) is 14.9. The van der Waals surface area contributed by atoms with Gasteiger partial charge < -0.3 is 5.32 Å². The highest BCUT2D eigenvalue weighted by molar-refractivity contribution is 8.00. The van der Waals surface area contributed by atoms with Gasteiger partial charge in [0.15, 0.2) is 5.11 Å². The molecule has 0 radical (unpaired) electrons. The van der Waals surface area contributed by atoms with Crippen molar-refractivity contribution in [2.75, 3.05) is 5.75 Å². The molecular weight excluding hydrogens is 372 g/mol. The van der Waals surface area contributed by atoms with Crippen molar-refractivity contribution in [1.82, 2.24) is 16.2 Å². The third-order valence-corrected chi connectivity index (χ3v) is 5.99. The van der Waals surface area contributed by atoms with E-state index in [-0.39, 0.29) is 17.3 Å². The fourth-order valence-electron chi connectivity index (χ4n) is 2.97. The van der Waals surface area contributed by atoms with Crippen LogP contribution in [0.25, 0.3) is 0 Å². The Bertz CT molecular complexity index is 654. The van der Waals surface area contributed by atoms with Crippen molar-refractivity contribution in [1.29, 1.82) is 0 Å². The molecule has 1 fully saturated rings. The number of nitro groups is 1. The van der Waals surface area contributed by atoms with Gasteiger partial charge >= 0.3 is 0 Å². The molecule has 142 valence electrons. The molecule has 1 aromatic carbocycles. The summed E-state index contributed by atoms with van der Waals surface area (Å²) in [5.41, 5.74) is 5.35. The van der Waals surface area contributed by atoms with Gasteiger partial charge in [-0.3, -0.25) is 25.8 Å². The van der Waals surface area contributed by atoms with Crippen LogP contribution >= 0.6 is 24.0 Å². The van der Waals surface area contributed by atoms with E-state index < -0.39 is 4.92 Å². The number of thioether (sulfide) groups is 1. The van der Waals surface area contributed by atoms with Gasteiger partial charge in [-0.2, -0.15) is 0 Å². The maximum absolute atomic E-state index is 11.9. The molecule has 0 saturated heterocycles. The van der Waals surface area contributed by atoms with E-state index in [1.165, 1.54) is 36.7 Å². The van der Waals surface area contributed by atoms with Crippen LogP contribution < -0.4 is 16.2 Å². The third kappa shape index (κ3) is 6.14. The van der Waals surface area contributed by atoms with Gasteiger partial charge in [-0.25, -0.2) is 0 Å². The van der Waals surface area contributed by atoms with Crippen LogP contribution in [0.3, 0.4) is 0 Å². The van der Waals surface area contributed by atoms with Crippen molar-refractivity contribution in [3.63, 3.8) is 0 Å². The van der Waals surface area contributed by atoms with E-state index in [0.717, 1.165) is 11.3 Å². The Morgan fingerprint density at radius 1 is 1.27 bits per heavy atom. The number of nitrogens with zero attached hydrogens (tertiary/aromatic N) is 1. The predicted octanol–water partition coefficient (Wildman–Crippen LogP) is 3.01. The van der Waals surface area contributed by atoms with Gasteiger partial charge in [0.2, 0.25) is 5.91 Å². The molecule has 0 heterocycles. The summed E-state index contributed by atoms with van der Waals surface area (Å²) in [6, 6.07) is 6.42. The summed E-state index contributed by atoms with van der Waals surface area (Å²) < 4.78 is 0. The van der Waals surface area contributed by atoms with E-state index in [1.807, 2.05) is 0 Å². The SMILES string of the molecule is C[C@@H]1[C@H](C)CCC[C@H]1NC(=S)NNC(=O)CSc1ccc([N+](=O)[O-])cc1. The molecule has 7 nitrogen and oxygen atoms in total. The van der Waals surface area contributed by atoms with Crippen LogP contribution in [0.1, 0.15) is 33.1 Å². The van der Waals surface area contributed by atoms with Crippen LogP contribution in [0.2, 0.25) is 0 Å². The summed E-state index contributed by atoms with van der Waals surface area (Å²) in [7, 11) is 0. The highest BCUT2D eigenvalue weighted by Crippen LogP contribution is 2.29. The molecule has 3 atom stereocenters. The lowest BCUT2D eigenvalue weighted by Crippen LogP contribution is -2.52. The smallest absolute Gasteiger partial charge is 0.269 e. The minimum atomic E-state index is -0.451. The van der Waals surface area contributed by atoms with Gasteiger partial charge in [0, 0.05) is 23.1 Å². The number of hydrogen-bond donors (Lipinski definition) is 3. The van der Waals surface area contributed by atoms with Gasteiger partial charge in [0.25, 0.3) is 5.69 Å². The number of hydrogen-bond acceptors (Lipinski definition) is 5. The summed E-state index contributed by atoms with van der Waals surface area (Å²) in [4.78, 5) is 22.9. The number of non-ortho nitro benzene ring substituents is 1. The highest BCUT2D eigenvalue weighted by atomic mass is 32.2. The van der Waals surface area contributed by atoms with Crippen molar-refractivity contribution in [3.8, 4) is 0 Å². The molecule has 0 spiro atoms. The van der Waals surface area contributed by atoms with Crippen molar-refractivity contribution < 1.29 is 9.72 Å². The van der Waals surface area contributed by atoms with Crippen molar-refractivity contribution in [2.24, 2.45) is 11.8 Å². The summed E-state index contributed by atoms with van der Waals surface area (Å²) in [5, 5.41) is 14.3. The second kappa shape index (κ2) is 9.72. The predicted molar refractivity (Wildman–Crippen MR) is 107 cm³/mol. The first-order valence-corrected chi connectivity index (χ1v) is 9.99. The minimum Gasteiger partial charge on any atom is -0.358 e. The number of carbonyl (C=O) groups is 1. The zero-order chi connectivity index (χ0) is 19.1. The number of nitrogens with one attached hydrogen (secondary N) is 3. The summed E-state index contributed by atoms with van der Waals surface area (Å²) >= 11 is 6.55. The van der Waals surface area contributed by atoms with E-state index >= 15 is 0 Å². The number of nitro benzene ring substituents is 1. The second-order valence-electron chi connectivity index (χ2n) is 6.56. The molecule has 0 aliphatic heterocycles. The number of benzene rings is 1. The second-order valence-corrected chi connectivity index (χ2v) is 8.02. The Morgan fingerprint density at radius 2 is 1.96 bits per heavy atom.